The fourth-order valence-corrected chi connectivity index (χ4v) is 4.43. The smallest absolute Gasteiger partial charge is 0.174 e. The summed E-state index contributed by atoms with van der Waals surface area (Å²) in [6, 6.07) is 26.3. The Hall–Kier alpha value is -3.64. The zero-order valence-corrected chi connectivity index (χ0v) is 17.9. The summed E-state index contributed by atoms with van der Waals surface area (Å²) < 4.78 is 7.59. The lowest BCUT2D eigenvalue weighted by Crippen LogP contribution is -2.29. The highest BCUT2D eigenvalue weighted by Gasteiger charge is 2.41. The van der Waals surface area contributed by atoms with Gasteiger partial charge in [0.2, 0.25) is 0 Å². The molecule has 1 aliphatic rings. The maximum atomic E-state index is 5.80. The number of rotatable bonds is 5. The Balaban J connectivity index is 1.61. The molecule has 0 amide bonds. The number of hydrogen-bond acceptors (Lipinski definition) is 3. The molecule has 0 radical (unpaired) electrons. The van der Waals surface area contributed by atoms with Crippen LogP contribution in [0.5, 0.6) is 5.75 Å². The molecule has 0 spiro atoms. The van der Waals surface area contributed by atoms with Crippen LogP contribution in [0.1, 0.15) is 23.3 Å². The number of thiocarbonyl (C=S) groups is 1. The van der Waals surface area contributed by atoms with Gasteiger partial charge in [-0.15, -0.1) is 0 Å². The summed E-state index contributed by atoms with van der Waals surface area (Å²) in [5.41, 5.74) is 4.19. The van der Waals surface area contributed by atoms with Crippen LogP contribution in [-0.2, 0) is 0 Å². The van der Waals surface area contributed by atoms with E-state index in [9.17, 15) is 0 Å². The normalized spacial score (nSPS) is 18.1. The zero-order valence-electron chi connectivity index (χ0n) is 17.1. The molecular formula is C25H22N4OS. The molecule has 0 unspecified atom stereocenters. The lowest BCUT2D eigenvalue weighted by atomic mass is 9.98. The van der Waals surface area contributed by atoms with E-state index in [4.69, 9.17) is 17.0 Å². The van der Waals surface area contributed by atoms with Gasteiger partial charge in [-0.2, -0.15) is 0 Å². The van der Waals surface area contributed by atoms with E-state index in [2.05, 4.69) is 56.4 Å². The largest absolute Gasteiger partial charge is 0.497 e. The van der Waals surface area contributed by atoms with Crippen molar-refractivity contribution in [3.8, 4) is 11.4 Å². The first-order valence-corrected chi connectivity index (χ1v) is 10.5. The van der Waals surface area contributed by atoms with Crippen molar-refractivity contribution < 1.29 is 4.74 Å². The second-order valence-electron chi connectivity index (χ2n) is 7.39. The molecule has 2 atom stereocenters. The maximum Gasteiger partial charge on any atom is 0.174 e. The maximum absolute atomic E-state index is 5.80. The third-order valence-corrected chi connectivity index (χ3v) is 5.86. The predicted octanol–water partition coefficient (Wildman–Crippen LogP) is 5.06. The van der Waals surface area contributed by atoms with Crippen molar-refractivity contribution in [2.45, 2.75) is 12.1 Å². The molecule has 1 saturated heterocycles. The molecule has 1 N–H and O–H groups in total. The molecule has 1 fully saturated rings. The number of pyridine rings is 1. The molecule has 6 heteroatoms. The molecule has 3 heterocycles. The molecular weight excluding hydrogens is 404 g/mol. The predicted molar refractivity (Wildman–Crippen MR) is 127 cm³/mol. The van der Waals surface area contributed by atoms with Crippen molar-refractivity contribution in [1.29, 1.82) is 0 Å². The van der Waals surface area contributed by atoms with Crippen molar-refractivity contribution in [2.75, 3.05) is 12.0 Å². The summed E-state index contributed by atoms with van der Waals surface area (Å²) in [7, 11) is 1.67. The summed E-state index contributed by atoms with van der Waals surface area (Å²) in [6.45, 7) is 0. The summed E-state index contributed by atoms with van der Waals surface area (Å²) in [5.74, 6) is 0.794. The van der Waals surface area contributed by atoms with Crippen molar-refractivity contribution in [2.24, 2.45) is 0 Å². The Morgan fingerprint density at radius 1 is 0.935 bits per heavy atom. The Labute approximate surface area is 186 Å². The van der Waals surface area contributed by atoms with Gasteiger partial charge in [0.25, 0.3) is 0 Å². The standard InChI is InChI=1S/C25H22N4OS/c1-30-21-11-7-10-20(16-21)29-24(23(27-25(29)31)22-12-5-6-14-26-22)18-13-15-28(17-18)19-8-3-2-4-9-19/h2-17,23-24H,1H3,(H,27,31)/t23-,24-/m1/s1. The van der Waals surface area contributed by atoms with Gasteiger partial charge in [-0.1, -0.05) is 30.3 Å². The van der Waals surface area contributed by atoms with Crippen molar-refractivity contribution in [3.63, 3.8) is 0 Å². The lowest BCUT2D eigenvalue weighted by Gasteiger charge is -2.27. The third-order valence-electron chi connectivity index (χ3n) is 5.54. The van der Waals surface area contributed by atoms with Gasteiger partial charge in [-0.25, -0.2) is 0 Å². The summed E-state index contributed by atoms with van der Waals surface area (Å²) in [5, 5.41) is 4.17. The molecule has 2 aromatic carbocycles. The van der Waals surface area contributed by atoms with Gasteiger partial charge in [0.05, 0.1) is 24.9 Å². The Kier molecular flexibility index (Phi) is 5.14. The molecule has 154 valence electrons. The molecule has 1 aliphatic heterocycles. The van der Waals surface area contributed by atoms with Crippen LogP contribution < -0.4 is 15.0 Å². The number of nitrogens with one attached hydrogen (secondary N) is 1. The topological polar surface area (TPSA) is 42.3 Å². The highest BCUT2D eigenvalue weighted by molar-refractivity contribution is 7.80. The van der Waals surface area contributed by atoms with E-state index >= 15 is 0 Å². The molecule has 0 bridgehead atoms. The summed E-state index contributed by atoms with van der Waals surface area (Å²) >= 11 is 5.80. The second-order valence-corrected chi connectivity index (χ2v) is 7.77. The van der Waals surface area contributed by atoms with E-state index in [0.717, 1.165) is 28.4 Å². The van der Waals surface area contributed by atoms with Gasteiger partial charge < -0.3 is 19.5 Å². The first-order chi connectivity index (χ1) is 15.2. The monoisotopic (exact) mass is 426 g/mol. The first kappa shape index (κ1) is 19.3. The zero-order chi connectivity index (χ0) is 21.2. The number of ether oxygens (including phenoxy) is 1. The Bertz CT molecular complexity index is 1190. The van der Waals surface area contributed by atoms with Crippen LogP contribution in [0.15, 0.2) is 97.5 Å². The van der Waals surface area contributed by atoms with Gasteiger partial charge in [-0.05, 0) is 60.2 Å². The second kappa shape index (κ2) is 8.24. The highest BCUT2D eigenvalue weighted by Crippen LogP contribution is 2.42. The van der Waals surface area contributed by atoms with Crippen LogP contribution in [-0.4, -0.2) is 21.8 Å². The molecule has 0 saturated carbocycles. The molecule has 5 nitrogen and oxygen atoms in total. The van der Waals surface area contributed by atoms with Crippen LogP contribution in [0.2, 0.25) is 0 Å². The number of para-hydroxylation sites is 1. The van der Waals surface area contributed by atoms with Crippen molar-refractivity contribution >= 4 is 23.0 Å². The van der Waals surface area contributed by atoms with E-state index < -0.39 is 0 Å². The van der Waals surface area contributed by atoms with Gasteiger partial charge in [-0.3, -0.25) is 4.98 Å². The average Bonchev–Trinajstić information content (AvgIpc) is 3.45. The molecule has 4 aromatic rings. The van der Waals surface area contributed by atoms with Gasteiger partial charge >= 0.3 is 0 Å². The summed E-state index contributed by atoms with van der Waals surface area (Å²) in [6.07, 6.45) is 6.07. The number of methoxy groups -OCH3 is 1. The minimum Gasteiger partial charge on any atom is -0.497 e. The fourth-order valence-electron chi connectivity index (χ4n) is 4.08. The summed E-state index contributed by atoms with van der Waals surface area (Å²) in [4.78, 5) is 6.77. The Morgan fingerprint density at radius 2 is 1.74 bits per heavy atom. The minimum absolute atomic E-state index is 0.0560. The van der Waals surface area contributed by atoms with E-state index in [-0.39, 0.29) is 12.1 Å². The van der Waals surface area contributed by atoms with Crippen LogP contribution in [0.3, 0.4) is 0 Å². The number of nitrogens with zero attached hydrogens (tertiary/aromatic N) is 3. The van der Waals surface area contributed by atoms with Crippen LogP contribution in [0.4, 0.5) is 5.69 Å². The first-order valence-electron chi connectivity index (χ1n) is 10.1. The number of benzene rings is 2. The number of anilines is 1. The van der Waals surface area contributed by atoms with Gasteiger partial charge in [0.1, 0.15) is 5.75 Å². The van der Waals surface area contributed by atoms with Gasteiger partial charge in [0, 0.05) is 36.0 Å². The molecule has 31 heavy (non-hydrogen) atoms. The van der Waals surface area contributed by atoms with E-state index in [1.165, 1.54) is 0 Å². The minimum atomic E-state index is -0.0773. The van der Waals surface area contributed by atoms with Crippen LogP contribution >= 0.6 is 12.2 Å². The number of aromatic nitrogens is 2. The third kappa shape index (κ3) is 3.66. The van der Waals surface area contributed by atoms with Crippen LogP contribution in [0, 0.1) is 0 Å². The SMILES string of the molecule is COc1cccc(N2C(=S)N[C@H](c3ccccn3)[C@H]2c2ccn(-c3ccccc3)c2)c1. The van der Waals surface area contributed by atoms with E-state index in [0.29, 0.717) is 5.11 Å². The number of hydrogen-bond donors (Lipinski definition) is 1. The quantitative estimate of drug-likeness (QED) is 0.452. The average molecular weight is 427 g/mol. The van der Waals surface area contributed by atoms with Gasteiger partial charge in [0.15, 0.2) is 5.11 Å². The lowest BCUT2D eigenvalue weighted by molar-refractivity contribution is 0.415. The van der Waals surface area contributed by atoms with E-state index in [1.54, 1.807) is 7.11 Å². The van der Waals surface area contributed by atoms with Crippen LogP contribution in [0.25, 0.3) is 5.69 Å². The molecule has 0 aliphatic carbocycles. The van der Waals surface area contributed by atoms with E-state index in [1.807, 2.05) is 60.8 Å². The Morgan fingerprint density at radius 3 is 2.52 bits per heavy atom. The molecule has 5 rings (SSSR count). The molecule has 2 aromatic heterocycles. The fraction of sp³-hybridized carbons (Fsp3) is 0.120. The van der Waals surface area contributed by atoms with Crippen molar-refractivity contribution in [3.05, 3.63) is 109 Å². The van der Waals surface area contributed by atoms with Crippen molar-refractivity contribution in [1.82, 2.24) is 14.9 Å². The highest BCUT2D eigenvalue weighted by atomic mass is 32.1.